The number of rotatable bonds is 5. The van der Waals surface area contributed by atoms with Crippen LogP contribution in [0.15, 0.2) is 12.1 Å². The molecule has 2 heterocycles. The molecule has 116 valence electrons. The highest BCUT2D eigenvalue weighted by Gasteiger charge is 2.30. The molecule has 22 heavy (non-hydrogen) atoms. The van der Waals surface area contributed by atoms with Gasteiger partial charge in [-0.05, 0) is 19.3 Å². The van der Waals surface area contributed by atoms with Gasteiger partial charge in [-0.3, -0.25) is 4.79 Å². The van der Waals surface area contributed by atoms with E-state index in [1.165, 1.54) is 0 Å². The molecule has 0 unspecified atom stereocenters. The van der Waals surface area contributed by atoms with E-state index in [0.717, 1.165) is 41.2 Å². The number of aryl methyl sites for hydroxylation is 1. The van der Waals surface area contributed by atoms with Gasteiger partial charge < -0.3 is 19.1 Å². The Morgan fingerprint density at radius 2 is 2.00 bits per heavy atom. The number of hydrogen-bond acceptors (Lipinski definition) is 4. The second-order valence-electron chi connectivity index (χ2n) is 5.88. The van der Waals surface area contributed by atoms with E-state index >= 15 is 0 Å². The van der Waals surface area contributed by atoms with Gasteiger partial charge >= 0.3 is 5.97 Å². The molecule has 1 aliphatic carbocycles. The summed E-state index contributed by atoms with van der Waals surface area (Å²) in [5.41, 5.74) is 1.91. The van der Waals surface area contributed by atoms with Crippen molar-refractivity contribution in [2.75, 3.05) is 13.2 Å². The van der Waals surface area contributed by atoms with Crippen molar-refractivity contribution in [1.29, 1.82) is 0 Å². The van der Waals surface area contributed by atoms with Crippen LogP contribution in [-0.2, 0) is 11.3 Å². The zero-order chi connectivity index (χ0) is 15.1. The largest absolute Gasteiger partial charge is 0.486 e. The lowest BCUT2D eigenvalue weighted by Crippen LogP contribution is -2.15. The lowest BCUT2D eigenvalue weighted by atomic mass is 10.2. The van der Waals surface area contributed by atoms with E-state index < -0.39 is 5.97 Å². The highest BCUT2D eigenvalue weighted by Crippen LogP contribution is 2.42. The zero-order valence-electron chi connectivity index (χ0n) is 12.2. The molecule has 1 N–H and O–H groups in total. The van der Waals surface area contributed by atoms with Crippen molar-refractivity contribution in [3.8, 4) is 11.5 Å². The van der Waals surface area contributed by atoms with Crippen LogP contribution in [0.1, 0.15) is 37.4 Å². The lowest BCUT2D eigenvalue weighted by molar-refractivity contribution is -0.137. The van der Waals surface area contributed by atoms with E-state index in [4.69, 9.17) is 19.6 Å². The van der Waals surface area contributed by atoms with E-state index in [1.54, 1.807) is 0 Å². The minimum absolute atomic E-state index is 0.175. The number of carboxylic acid groups (broad SMARTS) is 1. The molecule has 1 saturated carbocycles. The number of benzene rings is 1. The SMILES string of the molecule is O=C(O)CCCn1c(C2CC2)nc2cc3c(cc21)OCCO3. The van der Waals surface area contributed by atoms with Gasteiger partial charge in [-0.1, -0.05) is 0 Å². The summed E-state index contributed by atoms with van der Waals surface area (Å²) < 4.78 is 13.4. The van der Waals surface area contributed by atoms with Gasteiger partial charge in [-0.25, -0.2) is 4.98 Å². The third-order valence-corrected chi connectivity index (χ3v) is 4.16. The quantitative estimate of drug-likeness (QED) is 0.918. The first-order valence-corrected chi connectivity index (χ1v) is 7.74. The number of hydrogen-bond donors (Lipinski definition) is 1. The minimum Gasteiger partial charge on any atom is -0.486 e. The van der Waals surface area contributed by atoms with Crippen molar-refractivity contribution in [2.24, 2.45) is 0 Å². The summed E-state index contributed by atoms with van der Waals surface area (Å²) in [6.45, 7) is 1.79. The summed E-state index contributed by atoms with van der Waals surface area (Å²) in [5.74, 6) is 2.32. The second-order valence-corrected chi connectivity index (χ2v) is 5.88. The molecule has 0 atom stereocenters. The van der Waals surface area contributed by atoms with Gasteiger partial charge in [0, 0.05) is 31.0 Å². The first-order valence-electron chi connectivity index (χ1n) is 7.74. The Bertz CT molecular complexity index is 733. The number of fused-ring (bicyclic) bond motifs is 2. The van der Waals surface area contributed by atoms with E-state index in [9.17, 15) is 4.79 Å². The molecule has 4 rings (SSSR count). The van der Waals surface area contributed by atoms with Gasteiger partial charge in [-0.2, -0.15) is 0 Å². The van der Waals surface area contributed by atoms with E-state index in [-0.39, 0.29) is 6.42 Å². The molecule has 2 aromatic rings. The molecule has 0 amide bonds. The molecular weight excluding hydrogens is 284 g/mol. The molecule has 1 aliphatic heterocycles. The molecule has 6 heteroatoms. The van der Waals surface area contributed by atoms with Crippen molar-refractivity contribution in [3.05, 3.63) is 18.0 Å². The summed E-state index contributed by atoms with van der Waals surface area (Å²) in [5, 5.41) is 8.84. The van der Waals surface area contributed by atoms with Crippen molar-refractivity contribution in [1.82, 2.24) is 9.55 Å². The fraction of sp³-hybridized carbons (Fsp3) is 0.500. The third kappa shape index (κ3) is 2.38. The highest BCUT2D eigenvalue weighted by atomic mass is 16.6. The number of aromatic nitrogens is 2. The zero-order valence-corrected chi connectivity index (χ0v) is 12.2. The average Bonchev–Trinajstić information content (AvgIpc) is 3.29. The number of carbonyl (C=O) groups is 1. The maximum Gasteiger partial charge on any atom is 0.303 e. The number of aliphatic carboxylic acids is 1. The van der Waals surface area contributed by atoms with Crippen molar-refractivity contribution >= 4 is 17.0 Å². The molecule has 1 aromatic heterocycles. The summed E-state index contributed by atoms with van der Waals surface area (Å²) in [6.07, 6.45) is 3.10. The maximum atomic E-state index is 10.8. The van der Waals surface area contributed by atoms with Crippen LogP contribution in [0.4, 0.5) is 0 Å². The van der Waals surface area contributed by atoms with Crippen LogP contribution in [-0.4, -0.2) is 33.8 Å². The normalized spacial score (nSPS) is 16.9. The van der Waals surface area contributed by atoms with Crippen LogP contribution < -0.4 is 9.47 Å². The molecule has 0 saturated heterocycles. The van der Waals surface area contributed by atoms with Gasteiger partial charge in [0.2, 0.25) is 0 Å². The maximum absolute atomic E-state index is 10.8. The molecule has 2 aliphatic rings. The second kappa shape index (κ2) is 5.19. The summed E-state index contributed by atoms with van der Waals surface area (Å²) >= 11 is 0. The molecule has 0 spiro atoms. The minimum atomic E-state index is -0.758. The summed E-state index contributed by atoms with van der Waals surface area (Å²) in [7, 11) is 0. The number of nitrogens with zero attached hydrogens (tertiary/aromatic N) is 2. The van der Waals surface area contributed by atoms with Crippen LogP contribution in [0.5, 0.6) is 11.5 Å². The van der Waals surface area contributed by atoms with E-state index in [2.05, 4.69) is 4.57 Å². The predicted octanol–water partition coefficient (Wildman–Crippen LogP) is 2.55. The molecule has 1 aromatic carbocycles. The average molecular weight is 302 g/mol. The van der Waals surface area contributed by atoms with Crippen molar-refractivity contribution in [3.63, 3.8) is 0 Å². The monoisotopic (exact) mass is 302 g/mol. The van der Waals surface area contributed by atoms with E-state index in [0.29, 0.717) is 32.1 Å². The molecular formula is C16H18N2O4. The van der Waals surface area contributed by atoms with Crippen LogP contribution in [0, 0.1) is 0 Å². The first-order chi connectivity index (χ1) is 10.7. The standard InChI is InChI=1S/C16H18N2O4/c19-15(20)2-1-5-18-12-9-14-13(21-6-7-22-14)8-11(12)17-16(18)10-3-4-10/h8-10H,1-7H2,(H,19,20). The van der Waals surface area contributed by atoms with Gasteiger partial charge in [0.1, 0.15) is 19.0 Å². The Morgan fingerprint density at radius 1 is 1.27 bits per heavy atom. The smallest absolute Gasteiger partial charge is 0.303 e. The highest BCUT2D eigenvalue weighted by molar-refractivity contribution is 5.81. The number of imidazole rings is 1. The van der Waals surface area contributed by atoms with Gasteiger partial charge in [0.05, 0.1) is 11.0 Å². The Kier molecular flexibility index (Phi) is 3.17. The Labute approximate surface area is 127 Å². The fourth-order valence-electron chi connectivity index (χ4n) is 2.96. The fourth-order valence-corrected chi connectivity index (χ4v) is 2.96. The summed E-state index contributed by atoms with van der Waals surface area (Å²) in [4.78, 5) is 15.5. The molecule has 6 nitrogen and oxygen atoms in total. The Morgan fingerprint density at radius 3 is 2.68 bits per heavy atom. The van der Waals surface area contributed by atoms with Gasteiger partial charge in [0.25, 0.3) is 0 Å². The van der Waals surface area contributed by atoms with Gasteiger partial charge in [-0.15, -0.1) is 0 Å². The lowest BCUT2D eigenvalue weighted by Gasteiger charge is -2.18. The van der Waals surface area contributed by atoms with Crippen LogP contribution in [0.2, 0.25) is 0 Å². The Hall–Kier alpha value is -2.24. The van der Waals surface area contributed by atoms with Gasteiger partial charge in [0.15, 0.2) is 11.5 Å². The first kappa shape index (κ1) is 13.4. The predicted molar refractivity (Wildman–Crippen MR) is 79.6 cm³/mol. The van der Waals surface area contributed by atoms with E-state index in [1.807, 2.05) is 12.1 Å². The van der Waals surface area contributed by atoms with Crippen LogP contribution in [0.3, 0.4) is 0 Å². The van der Waals surface area contributed by atoms with Crippen molar-refractivity contribution in [2.45, 2.75) is 38.1 Å². The van der Waals surface area contributed by atoms with Crippen LogP contribution in [0.25, 0.3) is 11.0 Å². The number of ether oxygens (including phenoxy) is 2. The van der Waals surface area contributed by atoms with Crippen LogP contribution >= 0.6 is 0 Å². The van der Waals surface area contributed by atoms with Crippen molar-refractivity contribution < 1.29 is 19.4 Å². The topological polar surface area (TPSA) is 73.6 Å². The summed E-state index contributed by atoms with van der Waals surface area (Å²) in [6, 6.07) is 3.91. The number of carboxylic acids is 1. The third-order valence-electron chi connectivity index (χ3n) is 4.16. The Balaban J connectivity index is 1.74. The molecule has 0 radical (unpaired) electrons. The molecule has 0 bridgehead atoms. The molecule has 1 fully saturated rings.